The van der Waals surface area contributed by atoms with Crippen LogP contribution in [-0.4, -0.2) is 47.0 Å². The van der Waals surface area contributed by atoms with Gasteiger partial charge in [-0.25, -0.2) is 14.4 Å². The van der Waals surface area contributed by atoms with E-state index in [2.05, 4.69) is 28.7 Å². The van der Waals surface area contributed by atoms with Crippen molar-refractivity contribution in [2.24, 2.45) is 5.92 Å². The molecule has 1 amide bonds. The first-order chi connectivity index (χ1) is 13.0. The third-order valence-electron chi connectivity index (χ3n) is 4.92. The molecule has 27 heavy (non-hydrogen) atoms. The molecule has 0 saturated carbocycles. The Morgan fingerprint density at radius 2 is 2.00 bits per heavy atom. The van der Waals surface area contributed by atoms with Crippen LogP contribution >= 0.6 is 0 Å². The second-order valence-corrected chi connectivity index (χ2v) is 7.07. The monoisotopic (exact) mass is 372 g/mol. The number of nitrogens with zero attached hydrogens (tertiary/aromatic N) is 4. The van der Waals surface area contributed by atoms with Crippen molar-refractivity contribution in [1.29, 1.82) is 0 Å². The van der Waals surface area contributed by atoms with Crippen LogP contribution in [0.4, 0.5) is 10.2 Å². The van der Waals surface area contributed by atoms with Gasteiger partial charge in [0.1, 0.15) is 18.0 Å². The zero-order chi connectivity index (χ0) is 19.4. The van der Waals surface area contributed by atoms with E-state index in [4.69, 9.17) is 4.74 Å². The van der Waals surface area contributed by atoms with Gasteiger partial charge in [0.25, 0.3) is 0 Å². The summed E-state index contributed by atoms with van der Waals surface area (Å²) in [4.78, 5) is 25.3. The number of ether oxygens (including phenoxy) is 1. The number of carbonyl (C=O) groups is 1. The maximum absolute atomic E-state index is 13.2. The van der Waals surface area contributed by atoms with Crippen LogP contribution in [0.25, 0.3) is 0 Å². The van der Waals surface area contributed by atoms with Crippen molar-refractivity contribution in [3.63, 3.8) is 0 Å². The highest BCUT2D eigenvalue weighted by molar-refractivity contribution is 5.78. The van der Waals surface area contributed by atoms with Gasteiger partial charge in [0.2, 0.25) is 11.8 Å². The van der Waals surface area contributed by atoms with E-state index in [1.807, 2.05) is 4.90 Å². The zero-order valence-corrected chi connectivity index (χ0v) is 15.9. The molecular weight excluding hydrogens is 347 g/mol. The molecule has 6 nitrogen and oxygen atoms in total. The average molecular weight is 372 g/mol. The Hall–Kier alpha value is -2.70. The van der Waals surface area contributed by atoms with Gasteiger partial charge in [-0.3, -0.25) is 4.79 Å². The van der Waals surface area contributed by atoms with Crippen LogP contribution in [0.5, 0.6) is 5.88 Å². The Kier molecular flexibility index (Phi) is 5.88. The molecule has 1 atom stereocenters. The van der Waals surface area contributed by atoms with Crippen LogP contribution in [0, 0.1) is 11.7 Å². The summed E-state index contributed by atoms with van der Waals surface area (Å²) < 4.78 is 18.4. The second kappa shape index (κ2) is 8.33. The van der Waals surface area contributed by atoms with E-state index in [9.17, 15) is 9.18 Å². The Labute approximate surface area is 159 Å². The molecule has 144 valence electrons. The van der Waals surface area contributed by atoms with E-state index in [1.54, 1.807) is 25.3 Å². The van der Waals surface area contributed by atoms with Gasteiger partial charge in [0, 0.05) is 32.1 Å². The number of hydrogen-bond donors (Lipinski definition) is 0. The molecule has 1 aromatic heterocycles. The molecule has 1 aromatic carbocycles. The lowest BCUT2D eigenvalue weighted by Gasteiger charge is -2.35. The molecule has 0 radical (unpaired) electrons. The Morgan fingerprint density at radius 1 is 1.26 bits per heavy atom. The molecule has 7 heteroatoms. The van der Waals surface area contributed by atoms with E-state index in [1.165, 1.54) is 18.5 Å². The van der Waals surface area contributed by atoms with Crippen LogP contribution in [-0.2, 0) is 11.3 Å². The standard InChI is InChI=1S/C20H25FN4O2/c1-14(2)17-12-24(18-10-19(27-3)23-13-22-18)9-8-20(26)25(17)11-15-4-6-16(21)7-5-15/h4-7,10,13-14,17H,8-9,11-12H2,1-3H3/t17-/m1/s1. The lowest BCUT2D eigenvalue weighted by molar-refractivity contribution is -0.134. The molecule has 1 aliphatic rings. The molecule has 0 bridgehead atoms. The highest BCUT2D eigenvalue weighted by atomic mass is 19.1. The maximum atomic E-state index is 13.2. The number of hydrogen-bond acceptors (Lipinski definition) is 5. The van der Waals surface area contributed by atoms with E-state index >= 15 is 0 Å². The summed E-state index contributed by atoms with van der Waals surface area (Å²) in [5.41, 5.74) is 0.924. The molecule has 1 fully saturated rings. The van der Waals surface area contributed by atoms with Gasteiger partial charge >= 0.3 is 0 Å². The minimum absolute atomic E-state index is 0.0195. The number of aromatic nitrogens is 2. The summed E-state index contributed by atoms with van der Waals surface area (Å²) in [6, 6.07) is 8.14. The SMILES string of the molecule is COc1cc(N2CCC(=O)N(Cc3ccc(F)cc3)[C@@H](C(C)C)C2)ncn1. The molecule has 0 aliphatic carbocycles. The number of halogens is 1. The fourth-order valence-corrected chi connectivity index (χ4v) is 3.36. The van der Waals surface area contributed by atoms with E-state index in [0.717, 1.165) is 11.4 Å². The van der Waals surface area contributed by atoms with Gasteiger partial charge in [-0.05, 0) is 23.6 Å². The predicted molar refractivity (Wildman–Crippen MR) is 101 cm³/mol. The molecule has 3 rings (SSSR count). The zero-order valence-electron chi connectivity index (χ0n) is 15.9. The van der Waals surface area contributed by atoms with Crippen LogP contribution in [0.15, 0.2) is 36.7 Å². The topological polar surface area (TPSA) is 58.6 Å². The van der Waals surface area contributed by atoms with Gasteiger partial charge < -0.3 is 14.5 Å². The first kappa shape index (κ1) is 19.1. The number of carbonyl (C=O) groups excluding carboxylic acids is 1. The lowest BCUT2D eigenvalue weighted by atomic mass is 10.0. The van der Waals surface area contributed by atoms with Crippen LogP contribution < -0.4 is 9.64 Å². The number of rotatable bonds is 5. The molecule has 2 heterocycles. The van der Waals surface area contributed by atoms with Crippen LogP contribution in [0.2, 0.25) is 0 Å². The van der Waals surface area contributed by atoms with Gasteiger partial charge in [-0.15, -0.1) is 0 Å². The molecule has 0 unspecified atom stereocenters. The smallest absolute Gasteiger partial charge is 0.224 e. The molecule has 2 aromatic rings. The fraction of sp³-hybridized carbons (Fsp3) is 0.450. The maximum Gasteiger partial charge on any atom is 0.224 e. The summed E-state index contributed by atoms with van der Waals surface area (Å²) in [6.45, 7) is 5.95. The Balaban J connectivity index is 1.84. The molecule has 0 N–H and O–H groups in total. The van der Waals surface area contributed by atoms with Crippen molar-refractivity contribution in [3.8, 4) is 5.88 Å². The number of methoxy groups -OCH3 is 1. The predicted octanol–water partition coefficient (Wildman–Crippen LogP) is 2.89. The molecule has 1 aliphatic heterocycles. The first-order valence-corrected chi connectivity index (χ1v) is 9.13. The normalized spacial score (nSPS) is 18.0. The highest BCUT2D eigenvalue weighted by Crippen LogP contribution is 2.25. The van der Waals surface area contributed by atoms with E-state index in [0.29, 0.717) is 31.9 Å². The van der Waals surface area contributed by atoms with Crippen molar-refractivity contribution in [3.05, 3.63) is 48.0 Å². The fourth-order valence-electron chi connectivity index (χ4n) is 3.36. The number of anilines is 1. The van der Waals surface area contributed by atoms with Gasteiger partial charge in [-0.2, -0.15) is 0 Å². The van der Waals surface area contributed by atoms with Crippen LogP contribution in [0.3, 0.4) is 0 Å². The van der Waals surface area contributed by atoms with Crippen molar-refractivity contribution < 1.29 is 13.9 Å². The van der Waals surface area contributed by atoms with Crippen molar-refractivity contribution in [1.82, 2.24) is 14.9 Å². The van der Waals surface area contributed by atoms with Gasteiger partial charge in [0.15, 0.2) is 0 Å². The third-order valence-corrected chi connectivity index (χ3v) is 4.92. The summed E-state index contributed by atoms with van der Waals surface area (Å²) >= 11 is 0. The van der Waals surface area contributed by atoms with E-state index in [-0.39, 0.29) is 23.7 Å². The first-order valence-electron chi connectivity index (χ1n) is 9.13. The van der Waals surface area contributed by atoms with E-state index < -0.39 is 0 Å². The van der Waals surface area contributed by atoms with Crippen molar-refractivity contribution >= 4 is 11.7 Å². The summed E-state index contributed by atoms with van der Waals surface area (Å²) in [7, 11) is 1.57. The van der Waals surface area contributed by atoms with Crippen LogP contribution in [0.1, 0.15) is 25.8 Å². The third kappa shape index (κ3) is 4.53. The number of benzene rings is 1. The lowest BCUT2D eigenvalue weighted by Crippen LogP contribution is -2.46. The molecule has 0 spiro atoms. The quantitative estimate of drug-likeness (QED) is 0.808. The number of amides is 1. The van der Waals surface area contributed by atoms with Gasteiger partial charge in [-0.1, -0.05) is 26.0 Å². The molecule has 1 saturated heterocycles. The summed E-state index contributed by atoms with van der Waals surface area (Å²) in [5, 5.41) is 0. The Morgan fingerprint density at radius 3 is 2.67 bits per heavy atom. The Bertz CT molecular complexity index is 782. The second-order valence-electron chi connectivity index (χ2n) is 7.07. The largest absolute Gasteiger partial charge is 0.481 e. The molecular formula is C20H25FN4O2. The average Bonchev–Trinajstić information content (AvgIpc) is 2.83. The highest BCUT2D eigenvalue weighted by Gasteiger charge is 2.32. The minimum atomic E-state index is -0.273. The summed E-state index contributed by atoms with van der Waals surface area (Å²) in [5.74, 6) is 1.34. The van der Waals surface area contributed by atoms with Gasteiger partial charge in [0.05, 0.1) is 13.2 Å². The van der Waals surface area contributed by atoms with Crippen molar-refractivity contribution in [2.75, 3.05) is 25.1 Å². The minimum Gasteiger partial charge on any atom is -0.481 e. The van der Waals surface area contributed by atoms with Crippen molar-refractivity contribution in [2.45, 2.75) is 32.9 Å². The summed E-state index contributed by atoms with van der Waals surface area (Å²) in [6.07, 6.45) is 1.87.